The molecular weight excluding hydrogens is 431 g/mol. The Labute approximate surface area is 183 Å². The zero-order valence-electron chi connectivity index (χ0n) is 17.0. The molecule has 2 fully saturated rings. The number of anilines is 1. The van der Waals surface area contributed by atoms with E-state index in [1.807, 2.05) is 6.92 Å². The molecule has 2 N–H and O–H groups in total. The number of nitrogens with one attached hydrogen (secondary N) is 1. The Bertz CT molecular complexity index is 1100. The number of aromatic nitrogens is 1. The van der Waals surface area contributed by atoms with Gasteiger partial charge in [0.05, 0.1) is 10.3 Å². The number of pyridine rings is 1. The van der Waals surface area contributed by atoms with Gasteiger partial charge < -0.3 is 19.9 Å². The highest BCUT2D eigenvalue weighted by molar-refractivity contribution is 5.99. The van der Waals surface area contributed by atoms with Crippen molar-refractivity contribution in [3.05, 3.63) is 44.0 Å². The molecule has 1 aliphatic carbocycles. The Balaban J connectivity index is 0.00000272. The molecule has 2 heterocycles. The van der Waals surface area contributed by atoms with Crippen molar-refractivity contribution >= 4 is 40.7 Å². The van der Waals surface area contributed by atoms with Gasteiger partial charge in [0.2, 0.25) is 5.43 Å². The van der Waals surface area contributed by atoms with Gasteiger partial charge in [0.25, 0.3) is 0 Å². The number of hydrogen-bond acceptors (Lipinski definition) is 6. The van der Waals surface area contributed by atoms with Crippen LogP contribution in [0.5, 0.6) is 0 Å². The fourth-order valence-electron chi connectivity index (χ4n) is 4.28. The second kappa shape index (κ2) is 8.80. The topological polar surface area (TPSA) is 118 Å². The van der Waals surface area contributed by atoms with Crippen LogP contribution < -0.4 is 15.6 Å². The van der Waals surface area contributed by atoms with Gasteiger partial charge in [-0.25, -0.2) is 9.18 Å². The third kappa shape index (κ3) is 4.09. The summed E-state index contributed by atoms with van der Waals surface area (Å²) in [5.41, 5.74) is -2.00. The molecule has 1 saturated heterocycles. The van der Waals surface area contributed by atoms with Crippen LogP contribution in [-0.4, -0.2) is 46.7 Å². The first-order valence-corrected chi connectivity index (χ1v) is 10.1. The zero-order chi connectivity index (χ0) is 21.6. The highest BCUT2D eigenvalue weighted by Crippen LogP contribution is 2.44. The van der Waals surface area contributed by atoms with E-state index in [9.17, 15) is 24.8 Å². The van der Waals surface area contributed by atoms with Crippen LogP contribution in [0.4, 0.5) is 15.8 Å². The van der Waals surface area contributed by atoms with E-state index in [2.05, 4.69) is 5.32 Å². The molecule has 11 heteroatoms. The van der Waals surface area contributed by atoms with Crippen LogP contribution in [0.2, 0.25) is 0 Å². The molecule has 1 aromatic heterocycles. The Morgan fingerprint density at radius 2 is 2.10 bits per heavy atom. The third-order valence-electron chi connectivity index (χ3n) is 5.85. The number of nitro benzene ring substituents is 1. The standard InChI is InChI=1S/C20H23FN4O5.ClH/c1-2-22-8-11-5-6-23(9-11)17-15(21)7-13-16(18(17)25(29)30)24(12-3-4-12)10-14(19(13)26)20(27)28;/h7,10-12,22H,2-6,8-9H2,1H3,(H,27,28);1H. The van der Waals surface area contributed by atoms with Crippen molar-refractivity contribution in [1.82, 2.24) is 9.88 Å². The minimum Gasteiger partial charge on any atom is -0.477 e. The maximum Gasteiger partial charge on any atom is 0.341 e. The van der Waals surface area contributed by atoms with Crippen LogP contribution in [0, 0.1) is 21.8 Å². The van der Waals surface area contributed by atoms with Crippen molar-refractivity contribution < 1.29 is 19.2 Å². The minimum atomic E-state index is -1.44. The van der Waals surface area contributed by atoms with Gasteiger partial charge in [0.15, 0.2) is 11.5 Å². The highest BCUT2D eigenvalue weighted by atomic mass is 35.5. The zero-order valence-corrected chi connectivity index (χ0v) is 17.8. The molecule has 0 radical (unpaired) electrons. The first kappa shape index (κ1) is 23.0. The number of carboxylic acids is 1. The fourth-order valence-corrected chi connectivity index (χ4v) is 4.28. The average molecular weight is 455 g/mol. The van der Waals surface area contributed by atoms with Crippen LogP contribution in [0.3, 0.4) is 0 Å². The summed E-state index contributed by atoms with van der Waals surface area (Å²) >= 11 is 0. The maximum atomic E-state index is 15.2. The normalized spacial score (nSPS) is 18.3. The SMILES string of the molecule is CCNCC1CCN(c2c(F)cc3c(=O)c(C(=O)O)cn(C4CC4)c3c2[N+](=O)[O-])C1.Cl. The lowest BCUT2D eigenvalue weighted by atomic mass is 10.1. The molecule has 0 amide bonds. The minimum absolute atomic E-state index is 0. The van der Waals surface area contributed by atoms with Crippen LogP contribution in [0.25, 0.3) is 10.9 Å². The van der Waals surface area contributed by atoms with Gasteiger partial charge in [-0.2, -0.15) is 0 Å². The Morgan fingerprint density at radius 1 is 1.39 bits per heavy atom. The summed E-state index contributed by atoms with van der Waals surface area (Å²) in [6, 6.07) is 0.825. The summed E-state index contributed by atoms with van der Waals surface area (Å²) in [6.07, 6.45) is 3.37. The predicted octanol–water partition coefficient (Wildman–Crippen LogP) is 2.94. The lowest BCUT2D eigenvalue weighted by Crippen LogP contribution is -2.27. The largest absolute Gasteiger partial charge is 0.477 e. The van der Waals surface area contributed by atoms with E-state index in [0.29, 0.717) is 13.1 Å². The summed E-state index contributed by atoms with van der Waals surface area (Å²) in [5, 5.41) is 24.4. The quantitative estimate of drug-likeness (QED) is 0.487. The van der Waals surface area contributed by atoms with Gasteiger partial charge in [0, 0.05) is 25.3 Å². The van der Waals surface area contributed by atoms with Crippen molar-refractivity contribution in [1.29, 1.82) is 0 Å². The van der Waals surface area contributed by atoms with E-state index >= 15 is 4.39 Å². The molecule has 1 aromatic carbocycles. The number of rotatable bonds is 7. The molecule has 2 aliphatic rings. The van der Waals surface area contributed by atoms with E-state index in [1.165, 1.54) is 4.57 Å². The molecule has 0 bridgehead atoms. The number of halogens is 2. The van der Waals surface area contributed by atoms with Crippen molar-refractivity contribution in [3.8, 4) is 0 Å². The van der Waals surface area contributed by atoms with Crippen LogP contribution in [0.1, 0.15) is 42.6 Å². The van der Waals surface area contributed by atoms with E-state index in [0.717, 1.165) is 44.6 Å². The van der Waals surface area contributed by atoms with E-state index < -0.39 is 33.4 Å². The van der Waals surface area contributed by atoms with Crippen LogP contribution in [-0.2, 0) is 0 Å². The van der Waals surface area contributed by atoms with Crippen LogP contribution in [0.15, 0.2) is 17.1 Å². The molecule has 1 aliphatic heterocycles. The smallest absolute Gasteiger partial charge is 0.341 e. The van der Waals surface area contributed by atoms with E-state index in [1.54, 1.807) is 4.90 Å². The van der Waals surface area contributed by atoms with Crippen molar-refractivity contribution in [2.45, 2.75) is 32.2 Å². The monoisotopic (exact) mass is 454 g/mol. The first-order chi connectivity index (χ1) is 14.3. The summed E-state index contributed by atoms with van der Waals surface area (Å²) in [7, 11) is 0. The molecule has 168 valence electrons. The average Bonchev–Trinajstić information content (AvgIpc) is 3.43. The lowest BCUT2D eigenvalue weighted by Gasteiger charge is -2.21. The van der Waals surface area contributed by atoms with Crippen molar-refractivity contribution in [2.24, 2.45) is 5.92 Å². The van der Waals surface area contributed by atoms with E-state index in [-0.39, 0.29) is 41.0 Å². The summed E-state index contributed by atoms with van der Waals surface area (Å²) in [5.74, 6) is -2.07. The Kier molecular flexibility index (Phi) is 6.51. The van der Waals surface area contributed by atoms with Gasteiger partial charge >= 0.3 is 11.7 Å². The van der Waals surface area contributed by atoms with Gasteiger partial charge in [-0.05, 0) is 44.3 Å². The van der Waals surface area contributed by atoms with Crippen molar-refractivity contribution in [3.63, 3.8) is 0 Å². The fraction of sp³-hybridized carbons (Fsp3) is 0.500. The summed E-state index contributed by atoms with van der Waals surface area (Å²) in [4.78, 5) is 37.3. The number of nitrogens with zero attached hydrogens (tertiary/aromatic N) is 3. The van der Waals surface area contributed by atoms with E-state index in [4.69, 9.17) is 0 Å². The summed E-state index contributed by atoms with van der Waals surface area (Å²) in [6.45, 7) is 4.48. The summed E-state index contributed by atoms with van der Waals surface area (Å²) < 4.78 is 16.7. The number of benzene rings is 1. The third-order valence-corrected chi connectivity index (χ3v) is 5.85. The van der Waals surface area contributed by atoms with Gasteiger partial charge in [-0.1, -0.05) is 6.92 Å². The molecule has 31 heavy (non-hydrogen) atoms. The highest BCUT2D eigenvalue weighted by Gasteiger charge is 2.37. The molecule has 2 aromatic rings. The second-order valence-corrected chi connectivity index (χ2v) is 7.93. The number of fused-ring (bicyclic) bond motifs is 1. The van der Waals surface area contributed by atoms with Gasteiger partial charge in [-0.3, -0.25) is 14.9 Å². The number of hydrogen-bond donors (Lipinski definition) is 2. The molecule has 4 rings (SSSR count). The number of aromatic carboxylic acids is 1. The van der Waals surface area contributed by atoms with Crippen LogP contribution >= 0.6 is 12.4 Å². The molecule has 1 saturated carbocycles. The molecule has 0 spiro atoms. The number of carbonyl (C=O) groups is 1. The molecule has 1 unspecified atom stereocenters. The number of carboxylic acid groups (broad SMARTS) is 1. The number of nitro groups is 1. The predicted molar refractivity (Wildman–Crippen MR) is 116 cm³/mol. The first-order valence-electron chi connectivity index (χ1n) is 10.1. The Hall–Kier alpha value is -2.72. The van der Waals surface area contributed by atoms with Gasteiger partial charge in [0.1, 0.15) is 11.1 Å². The molecule has 1 atom stereocenters. The van der Waals surface area contributed by atoms with Crippen molar-refractivity contribution in [2.75, 3.05) is 31.1 Å². The molecule has 9 nitrogen and oxygen atoms in total. The second-order valence-electron chi connectivity index (χ2n) is 7.93. The lowest BCUT2D eigenvalue weighted by molar-refractivity contribution is -0.382. The Morgan fingerprint density at radius 3 is 2.68 bits per heavy atom. The van der Waals surface area contributed by atoms with Gasteiger partial charge in [-0.15, -0.1) is 12.4 Å². The maximum absolute atomic E-state index is 15.2. The molecular formula is C20H24ClFN4O5.